The third kappa shape index (κ3) is 7.27. The zero-order valence-electron chi connectivity index (χ0n) is 18.4. The number of hydrogen-bond acceptors (Lipinski definition) is 5. The van der Waals surface area contributed by atoms with Crippen molar-refractivity contribution in [2.24, 2.45) is 4.99 Å². The molecule has 1 aromatic heterocycles. The summed E-state index contributed by atoms with van der Waals surface area (Å²) in [6.07, 6.45) is 8.44. The fraction of sp³-hybridized carbons (Fsp3) is 0.652. The highest BCUT2D eigenvalue weighted by Gasteiger charge is 2.23. The quantitative estimate of drug-likeness (QED) is 0.235. The Morgan fingerprint density at radius 3 is 2.84 bits per heavy atom. The van der Waals surface area contributed by atoms with Gasteiger partial charge in [0.2, 0.25) is 0 Å². The van der Waals surface area contributed by atoms with Crippen molar-refractivity contribution in [3.05, 3.63) is 29.3 Å². The summed E-state index contributed by atoms with van der Waals surface area (Å²) in [5.74, 6) is 1.01. The summed E-state index contributed by atoms with van der Waals surface area (Å²) in [5.41, 5.74) is 1.11. The molecular weight excluding hydrogens is 523 g/mol. The number of aryl methyl sites for hydroxylation is 1. The highest BCUT2D eigenvalue weighted by Crippen LogP contribution is 2.22. The lowest BCUT2D eigenvalue weighted by Gasteiger charge is -2.35. The minimum absolute atomic E-state index is 0. The van der Waals surface area contributed by atoms with Gasteiger partial charge >= 0.3 is 0 Å². The minimum Gasteiger partial charge on any atom is -0.376 e. The second-order valence-electron chi connectivity index (χ2n) is 8.16. The Balaban J connectivity index is 0.00000272. The molecule has 3 heterocycles. The van der Waals surface area contributed by atoms with E-state index in [9.17, 15) is 0 Å². The molecule has 2 fully saturated rings. The molecule has 0 bridgehead atoms. The molecule has 2 aromatic rings. The van der Waals surface area contributed by atoms with Crippen LogP contribution in [-0.4, -0.2) is 67.9 Å². The summed E-state index contributed by atoms with van der Waals surface area (Å²) < 4.78 is 13.2. The average Bonchev–Trinajstić information content (AvgIpc) is 3.22. The molecular formula is C23H35IN4O2S. The van der Waals surface area contributed by atoms with E-state index in [0.29, 0.717) is 12.2 Å². The van der Waals surface area contributed by atoms with Crippen LogP contribution in [0.5, 0.6) is 0 Å². The van der Waals surface area contributed by atoms with Crippen molar-refractivity contribution in [3.8, 4) is 0 Å². The summed E-state index contributed by atoms with van der Waals surface area (Å²) in [7, 11) is 1.87. The van der Waals surface area contributed by atoms with E-state index < -0.39 is 0 Å². The highest BCUT2D eigenvalue weighted by molar-refractivity contribution is 14.0. The zero-order chi connectivity index (χ0) is 20.6. The number of likely N-dealkylation sites (tertiary alicyclic amines) is 1. The summed E-state index contributed by atoms with van der Waals surface area (Å²) in [5, 5.41) is 4.75. The largest absolute Gasteiger partial charge is 0.376 e. The van der Waals surface area contributed by atoms with Gasteiger partial charge in [-0.25, -0.2) is 4.98 Å². The number of nitrogens with zero attached hydrogens (tertiary/aromatic N) is 3. The van der Waals surface area contributed by atoms with Crippen LogP contribution in [0.1, 0.15) is 43.5 Å². The van der Waals surface area contributed by atoms with E-state index in [1.807, 2.05) is 7.05 Å². The van der Waals surface area contributed by atoms with Gasteiger partial charge in [0, 0.05) is 39.7 Å². The van der Waals surface area contributed by atoms with Gasteiger partial charge in [-0.1, -0.05) is 12.1 Å². The van der Waals surface area contributed by atoms with Gasteiger partial charge in [0.05, 0.1) is 34.0 Å². The van der Waals surface area contributed by atoms with E-state index >= 15 is 0 Å². The van der Waals surface area contributed by atoms with Crippen molar-refractivity contribution < 1.29 is 9.47 Å². The predicted octanol–water partition coefficient (Wildman–Crippen LogP) is 4.47. The number of halogens is 1. The zero-order valence-corrected chi connectivity index (χ0v) is 21.6. The first-order chi connectivity index (χ1) is 14.8. The Kier molecular flexibility index (Phi) is 10.3. The Morgan fingerprint density at radius 2 is 2.10 bits per heavy atom. The average molecular weight is 559 g/mol. The normalized spacial score (nSPS) is 20.6. The van der Waals surface area contributed by atoms with Crippen molar-refractivity contribution in [1.29, 1.82) is 0 Å². The molecule has 2 aliphatic heterocycles. The van der Waals surface area contributed by atoms with Crippen molar-refractivity contribution in [2.75, 3.05) is 39.9 Å². The molecule has 0 saturated carbocycles. The summed E-state index contributed by atoms with van der Waals surface area (Å²) in [6.45, 7) is 4.55. The van der Waals surface area contributed by atoms with E-state index in [-0.39, 0.29) is 24.0 Å². The van der Waals surface area contributed by atoms with E-state index in [4.69, 9.17) is 14.5 Å². The van der Waals surface area contributed by atoms with Gasteiger partial charge in [0.15, 0.2) is 5.96 Å². The second kappa shape index (κ2) is 12.9. The van der Waals surface area contributed by atoms with E-state index in [0.717, 1.165) is 76.4 Å². The standard InChI is InChI=1S/C23H34N4O2S.HI/c1-24-23(25-13-6-10-22-26-20-8-2-3-9-21(20)30-22)27-14-11-18(12-15-27)29-17-19-7-4-5-16-28-19;/h2-3,8-9,18-19H,4-7,10-17H2,1H3,(H,24,25);1H. The summed E-state index contributed by atoms with van der Waals surface area (Å²) >= 11 is 1.80. The summed E-state index contributed by atoms with van der Waals surface area (Å²) in [4.78, 5) is 11.6. The fourth-order valence-corrected chi connectivity index (χ4v) is 5.22. The lowest BCUT2D eigenvalue weighted by Crippen LogP contribution is -2.47. The van der Waals surface area contributed by atoms with Crippen LogP contribution in [-0.2, 0) is 15.9 Å². The third-order valence-corrected chi connectivity index (χ3v) is 7.03. The van der Waals surface area contributed by atoms with Crippen molar-refractivity contribution in [2.45, 2.75) is 57.2 Å². The van der Waals surface area contributed by atoms with Gasteiger partial charge in [-0.2, -0.15) is 0 Å². The SMILES string of the molecule is CN=C(NCCCc1nc2ccccc2s1)N1CCC(OCC2CCCCO2)CC1.I. The van der Waals surface area contributed by atoms with Crippen LogP contribution >= 0.6 is 35.3 Å². The maximum absolute atomic E-state index is 6.14. The van der Waals surface area contributed by atoms with Gasteiger partial charge in [0.25, 0.3) is 0 Å². The summed E-state index contributed by atoms with van der Waals surface area (Å²) in [6, 6.07) is 8.36. The first kappa shape index (κ1) is 24.7. The number of hydrogen-bond donors (Lipinski definition) is 1. The number of piperidine rings is 1. The number of ether oxygens (including phenoxy) is 2. The number of para-hydroxylation sites is 1. The Bertz CT molecular complexity index is 784. The highest BCUT2D eigenvalue weighted by atomic mass is 127. The number of nitrogens with one attached hydrogen (secondary N) is 1. The topological polar surface area (TPSA) is 59.0 Å². The van der Waals surface area contributed by atoms with Crippen LogP contribution < -0.4 is 5.32 Å². The van der Waals surface area contributed by atoms with Crippen LogP contribution in [0.2, 0.25) is 0 Å². The third-order valence-electron chi connectivity index (χ3n) is 5.93. The molecule has 0 aliphatic carbocycles. The Labute approximate surface area is 206 Å². The molecule has 2 saturated heterocycles. The number of fused-ring (bicyclic) bond motifs is 1. The van der Waals surface area contributed by atoms with Crippen LogP contribution in [0, 0.1) is 0 Å². The molecule has 0 radical (unpaired) electrons. The van der Waals surface area contributed by atoms with Crippen LogP contribution in [0.25, 0.3) is 10.2 Å². The van der Waals surface area contributed by atoms with Crippen molar-refractivity contribution >= 4 is 51.5 Å². The van der Waals surface area contributed by atoms with Crippen molar-refractivity contribution in [3.63, 3.8) is 0 Å². The number of thiazole rings is 1. The van der Waals surface area contributed by atoms with E-state index in [1.54, 1.807) is 11.3 Å². The van der Waals surface area contributed by atoms with E-state index in [2.05, 4.69) is 39.5 Å². The molecule has 31 heavy (non-hydrogen) atoms. The van der Waals surface area contributed by atoms with Gasteiger partial charge in [-0.3, -0.25) is 4.99 Å². The maximum Gasteiger partial charge on any atom is 0.193 e. The Hall–Kier alpha value is -0.970. The number of aliphatic imine (C=N–C) groups is 1. The number of aromatic nitrogens is 1. The molecule has 1 unspecified atom stereocenters. The van der Waals surface area contributed by atoms with Gasteiger partial charge in [-0.05, 0) is 50.7 Å². The lowest BCUT2D eigenvalue weighted by molar-refractivity contribution is -0.0721. The molecule has 4 rings (SSSR count). The van der Waals surface area contributed by atoms with E-state index in [1.165, 1.54) is 22.5 Å². The molecule has 1 aromatic carbocycles. The maximum atomic E-state index is 6.14. The van der Waals surface area contributed by atoms with Gasteiger partial charge in [-0.15, -0.1) is 35.3 Å². The van der Waals surface area contributed by atoms with Crippen molar-refractivity contribution in [1.82, 2.24) is 15.2 Å². The number of benzene rings is 1. The monoisotopic (exact) mass is 558 g/mol. The molecule has 6 nitrogen and oxygen atoms in total. The molecule has 1 N–H and O–H groups in total. The van der Waals surface area contributed by atoms with Crippen LogP contribution in [0.3, 0.4) is 0 Å². The lowest BCUT2D eigenvalue weighted by atomic mass is 10.1. The predicted molar refractivity (Wildman–Crippen MR) is 139 cm³/mol. The molecule has 0 spiro atoms. The number of rotatable bonds is 7. The molecule has 172 valence electrons. The van der Waals surface area contributed by atoms with Gasteiger partial charge in [0.1, 0.15) is 0 Å². The molecule has 1 atom stereocenters. The van der Waals surface area contributed by atoms with Crippen LogP contribution in [0.15, 0.2) is 29.3 Å². The smallest absolute Gasteiger partial charge is 0.193 e. The van der Waals surface area contributed by atoms with Gasteiger partial charge < -0.3 is 19.7 Å². The molecule has 2 aliphatic rings. The fourth-order valence-electron chi connectivity index (χ4n) is 4.22. The minimum atomic E-state index is 0. The Morgan fingerprint density at radius 1 is 1.26 bits per heavy atom. The number of guanidine groups is 1. The first-order valence-electron chi connectivity index (χ1n) is 11.3. The second-order valence-corrected chi connectivity index (χ2v) is 9.28. The molecule has 0 amide bonds. The first-order valence-corrected chi connectivity index (χ1v) is 12.2. The van der Waals surface area contributed by atoms with Crippen LogP contribution in [0.4, 0.5) is 0 Å². The molecule has 8 heteroatoms.